The van der Waals surface area contributed by atoms with Crippen molar-refractivity contribution in [2.45, 2.75) is 57.8 Å². The van der Waals surface area contributed by atoms with Crippen LogP contribution in [0.15, 0.2) is 63.8 Å². The molecule has 1 saturated carbocycles. The maximum atomic E-state index is 4.93. The van der Waals surface area contributed by atoms with E-state index in [1.807, 2.05) is 11.8 Å². The van der Waals surface area contributed by atoms with Gasteiger partial charge in [-0.25, -0.2) is 4.99 Å². The molecule has 2 aromatic rings. The number of hydrogen-bond donors (Lipinski definition) is 0. The van der Waals surface area contributed by atoms with Crippen molar-refractivity contribution in [1.82, 2.24) is 0 Å². The van der Waals surface area contributed by atoms with Gasteiger partial charge < -0.3 is 0 Å². The van der Waals surface area contributed by atoms with E-state index in [1.165, 1.54) is 59.4 Å². The maximum absolute atomic E-state index is 4.93. The highest BCUT2D eigenvalue weighted by Gasteiger charge is 2.14. The van der Waals surface area contributed by atoms with E-state index in [9.17, 15) is 0 Å². The van der Waals surface area contributed by atoms with E-state index in [0.29, 0.717) is 0 Å². The van der Waals surface area contributed by atoms with Gasteiger partial charge in [-0.3, -0.25) is 0 Å². The lowest BCUT2D eigenvalue weighted by Gasteiger charge is -2.20. The molecule has 0 saturated heterocycles. The van der Waals surface area contributed by atoms with E-state index in [0.717, 1.165) is 16.6 Å². The van der Waals surface area contributed by atoms with Crippen LogP contribution in [-0.4, -0.2) is 10.8 Å². The van der Waals surface area contributed by atoms with E-state index < -0.39 is 0 Å². The minimum atomic E-state index is 0.849. The summed E-state index contributed by atoms with van der Waals surface area (Å²) >= 11 is 3.70. The largest absolute Gasteiger partial charge is 0.242 e. The molecule has 0 aromatic heterocycles. The van der Waals surface area contributed by atoms with E-state index in [-0.39, 0.29) is 0 Å². The lowest BCUT2D eigenvalue weighted by atomic mass is 9.91. The molecule has 0 heterocycles. The number of thioether (sulfide) groups is 2. The van der Waals surface area contributed by atoms with Crippen LogP contribution in [-0.2, 0) is 0 Å². The summed E-state index contributed by atoms with van der Waals surface area (Å²) in [6, 6.07) is 15.1. The molecule has 1 fully saturated rings. The highest BCUT2D eigenvalue weighted by Crippen LogP contribution is 2.29. The fraction of sp³-hybridized carbons (Fsp3) is 0.400. The molecule has 0 atom stereocenters. The van der Waals surface area contributed by atoms with Crippen molar-refractivity contribution in [2.75, 3.05) is 5.75 Å². The Bertz CT molecular complexity index is 815. The molecular formula is C25H31NS2. The molecule has 0 amide bonds. The quantitative estimate of drug-likeness (QED) is 0.270. The van der Waals surface area contributed by atoms with Gasteiger partial charge >= 0.3 is 0 Å². The summed E-state index contributed by atoms with van der Waals surface area (Å²) in [6.45, 7) is 6.44. The summed E-state index contributed by atoms with van der Waals surface area (Å²) in [4.78, 5) is 6.25. The summed E-state index contributed by atoms with van der Waals surface area (Å²) in [5.41, 5.74) is 4.96. The van der Waals surface area contributed by atoms with Gasteiger partial charge in [0.25, 0.3) is 0 Å². The third kappa shape index (κ3) is 6.86. The Labute approximate surface area is 179 Å². The van der Waals surface area contributed by atoms with E-state index >= 15 is 0 Å². The Kier molecular flexibility index (Phi) is 8.29. The molecule has 3 heteroatoms. The minimum Gasteiger partial charge on any atom is -0.242 e. The minimum absolute atomic E-state index is 0.849. The first-order valence-electron chi connectivity index (χ1n) is 10.3. The van der Waals surface area contributed by atoms with Crippen molar-refractivity contribution in [1.29, 1.82) is 0 Å². The number of benzene rings is 2. The molecule has 0 unspecified atom stereocenters. The second kappa shape index (κ2) is 10.9. The highest BCUT2D eigenvalue weighted by atomic mass is 32.2. The standard InChI is InChI=1S/C25H31NS2/c1-19-9-12-23(13-10-19)26-25(28-18-22-7-5-4-6-8-22)15-16-27-24-14-11-20(2)17-21(24)3/h9-17,22H,4-8,18H2,1-3H3. The number of aryl methyl sites for hydroxylation is 3. The molecule has 3 rings (SSSR count). The molecule has 28 heavy (non-hydrogen) atoms. The average Bonchev–Trinajstić information content (AvgIpc) is 2.70. The van der Waals surface area contributed by atoms with Crippen molar-refractivity contribution >= 4 is 34.3 Å². The zero-order valence-electron chi connectivity index (χ0n) is 17.3. The lowest BCUT2D eigenvalue weighted by Crippen LogP contribution is -2.09. The third-order valence-corrected chi connectivity index (χ3v) is 7.35. The van der Waals surface area contributed by atoms with E-state index in [1.54, 1.807) is 11.8 Å². The number of nitrogens with zero attached hydrogens (tertiary/aromatic N) is 1. The van der Waals surface area contributed by atoms with Crippen molar-refractivity contribution < 1.29 is 0 Å². The maximum Gasteiger partial charge on any atom is 0.0972 e. The average molecular weight is 410 g/mol. The predicted molar refractivity (Wildman–Crippen MR) is 128 cm³/mol. The summed E-state index contributed by atoms with van der Waals surface area (Å²) in [5.74, 6) is 2.03. The van der Waals surface area contributed by atoms with Gasteiger partial charge in [-0.05, 0) is 74.8 Å². The Hall–Kier alpha value is -1.45. The van der Waals surface area contributed by atoms with Gasteiger partial charge in [0.15, 0.2) is 0 Å². The topological polar surface area (TPSA) is 12.4 Å². The molecule has 0 radical (unpaired) electrons. The van der Waals surface area contributed by atoms with Gasteiger partial charge in [0.1, 0.15) is 0 Å². The van der Waals surface area contributed by atoms with Crippen molar-refractivity contribution in [3.8, 4) is 0 Å². The molecule has 1 aliphatic rings. The first-order valence-corrected chi connectivity index (χ1v) is 12.2. The molecule has 0 bridgehead atoms. The van der Waals surface area contributed by atoms with Gasteiger partial charge in [0.2, 0.25) is 0 Å². The Morgan fingerprint density at radius 3 is 2.39 bits per heavy atom. The Morgan fingerprint density at radius 2 is 1.68 bits per heavy atom. The zero-order chi connectivity index (χ0) is 19.8. The molecule has 1 nitrogen and oxygen atoms in total. The van der Waals surface area contributed by atoms with E-state index in [2.05, 4.69) is 74.7 Å². The highest BCUT2D eigenvalue weighted by molar-refractivity contribution is 8.14. The van der Waals surface area contributed by atoms with Gasteiger partial charge in [-0.1, -0.05) is 66.4 Å². The van der Waals surface area contributed by atoms with Crippen molar-refractivity contribution in [2.24, 2.45) is 10.9 Å². The number of aliphatic imine (C=N–C) groups is 1. The van der Waals surface area contributed by atoms with E-state index in [4.69, 9.17) is 4.99 Å². The zero-order valence-corrected chi connectivity index (χ0v) is 18.9. The molecule has 0 spiro atoms. The Morgan fingerprint density at radius 1 is 0.964 bits per heavy atom. The van der Waals surface area contributed by atoms with Gasteiger partial charge in [0.05, 0.1) is 10.7 Å². The van der Waals surface area contributed by atoms with Crippen LogP contribution >= 0.6 is 23.5 Å². The summed E-state index contributed by atoms with van der Waals surface area (Å²) in [6.07, 6.45) is 9.16. The monoisotopic (exact) mass is 409 g/mol. The smallest absolute Gasteiger partial charge is 0.0972 e. The van der Waals surface area contributed by atoms with Crippen LogP contribution in [0, 0.1) is 26.7 Å². The molecular weight excluding hydrogens is 378 g/mol. The molecule has 0 N–H and O–H groups in total. The van der Waals surface area contributed by atoms with Gasteiger partial charge in [-0.2, -0.15) is 0 Å². The Balaban J connectivity index is 1.69. The van der Waals surface area contributed by atoms with Crippen LogP contribution in [0.2, 0.25) is 0 Å². The second-order valence-corrected chi connectivity index (χ2v) is 9.78. The molecule has 2 aromatic carbocycles. The normalized spacial score (nSPS) is 16.0. The molecule has 0 aliphatic heterocycles. The fourth-order valence-electron chi connectivity index (χ4n) is 3.52. The lowest BCUT2D eigenvalue weighted by molar-refractivity contribution is 0.391. The van der Waals surface area contributed by atoms with Gasteiger partial charge in [0, 0.05) is 10.6 Å². The fourth-order valence-corrected chi connectivity index (χ4v) is 5.41. The number of rotatable bonds is 6. The van der Waals surface area contributed by atoms with Crippen molar-refractivity contribution in [3.05, 3.63) is 70.6 Å². The van der Waals surface area contributed by atoms with Crippen LogP contribution in [0.25, 0.3) is 0 Å². The molecule has 1 aliphatic carbocycles. The third-order valence-electron chi connectivity index (χ3n) is 5.20. The van der Waals surface area contributed by atoms with Crippen LogP contribution in [0.4, 0.5) is 5.69 Å². The summed E-state index contributed by atoms with van der Waals surface area (Å²) < 4.78 is 0. The van der Waals surface area contributed by atoms with Crippen LogP contribution < -0.4 is 0 Å². The first-order chi connectivity index (χ1) is 13.6. The van der Waals surface area contributed by atoms with Crippen LogP contribution in [0.1, 0.15) is 48.8 Å². The first kappa shape index (κ1) is 21.3. The van der Waals surface area contributed by atoms with Gasteiger partial charge in [-0.15, -0.1) is 11.8 Å². The number of hydrogen-bond acceptors (Lipinski definition) is 3. The predicted octanol–water partition coefficient (Wildman–Crippen LogP) is 8.26. The SMILES string of the molecule is Cc1ccc(N=C(C=CSc2ccc(C)cc2C)SCC2CCCCC2)cc1. The molecule has 148 valence electrons. The van der Waals surface area contributed by atoms with Crippen LogP contribution in [0.5, 0.6) is 0 Å². The summed E-state index contributed by atoms with van der Waals surface area (Å²) in [7, 11) is 0. The van der Waals surface area contributed by atoms with Crippen LogP contribution in [0.3, 0.4) is 0 Å². The summed E-state index contributed by atoms with van der Waals surface area (Å²) in [5, 5.41) is 3.31. The van der Waals surface area contributed by atoms with Crippen molar-refractivity contribution in [3.63, 3.8) is 0 Å². The second-order valence-electron chi connectivity index (χ2n) is 7.79.